The molecule has 1 N–H and O–H groups in total. The molecule has 5 heteroatoms. The molecule has 92 valence electrons. The van der Waals surface area contributed by atoms with Gasteiger partial charge in [0.2, 0.25) is 0 Å². The number of hydrogen-bond acceptors (Lipinski definition) is 4. The van der Waals surface area contributed by atoms with E-state index in [0.717, 1.165) is 25.9 Å². The second kappa shape index (κ2) is 4.71. The molecule has 0 radical (unpaired) electrons. The number of benzene rings is 1. The van der Waals surface area contributed by atoms with Gasteiger partial charge < -0.3 is 10.1 Å². The largest absolute Gasteiger partial charge is 0.487 e. The van der Waals surface area contributed by atoms with Crippen LogP contribution >= 0.6 is 0 Å². The Bertz CT molecular complexity index is 414. The number of nitro groups is 1. The van der Waals surface area contributed by atoms with Crippen LogP contribution in [0.15, 0.2) is 24.3 Å². The molecule has 0 saturated carbocycles. The van der Waals surface area contributed by atoms with Gasteiger partial charge in [-0.05, 0) is 38.9 Å². The molecule has 2 rings (SSSR count). The van der Waals surface area contributed by atoms with Crippen LogP contribution in [0.1, 0.15) is 19.8 Å². The summed E-state index contributed by atoms with van der Waals surface area (Å²) in [5, 5.41) is 13.9. The van der Waals surface area contributed by atoms with Crippen LogP contribution in [0.4, 0.5) is 5.69 Å². The zero-order valence-electron chi connectivity index (χ0n) is 9.81. The third kappa shape index (κ3) is 2.94. The van der Waals surface area contributed by atoms with E-state index in [2.05, 4.69) is 5.32 Å². The van der Waals surface area contributed by atoms with Crippen molar-refractivity contribution < 1.29 is 9.66 Å². The van der Waals surface area contributed by atoms with E-state index in [4.69, 9.17) is 4.74 Å². The normalized spacial score (nSPS) is 18.6. The van der Waals surface area contributed by atoms with Crippen molar-refractivity contribution in [2.75, 3.05) is 13.1 Å². The molecule has 1 aromatic rings. The SMILES string of the molecule is CC1(Oc2cccc([N+](=O)[O-])c2)CCNCC1. The van der Waals surface area contributed by atoms with Gasteiger partial charge in [-0.3, -0.25) is 10.1 Å². The summed E-state index contributed by atoms with van der Waals surface area (Å²) in [5.74, 6) is 0.573. The molecule has 0 aromatic heterocycles. The number of hydrogen-bond donors (Lipinski definition) is 1. The molecule has 5 nitrogen and oxygen atoms in total. The van der Waals surface area contributed by atoms with Crippen molar-refractivity contribution in [3.63, 3.8) is 0 Å². The minimum absolute atomic E-state index is 0.0695. The smallest absolute Gasteiger partial charge is 0.273 e. The Kier molecular flexibility index (Phi) is 3.28. The minimum Gasteiger partial charge on any atom is -0.487 e. The monoisotopic (exact) mass is 236 g/mol. The Morgan fingerprint density at radius 2 is 2.12 bits per heavy atom. The third-order valence-corrected chi connectivity index (χ3v) is 3.05. The lowest BCUT2D eigenvalue weighted by molar-refractivity contribution is -0.385. The first kappa shape index (κ1) is 11.9. The van der Waals surface area contributed by atoms with Crippen LogP contribution < -0.4 is 10.1 Å². The van der Waals surface area contributed by atoms with Crippen molar-refractivity contribution in [1.29, 1.82) is 0 Å². The fraction of sp³-hybridized carbons (Fsp3) is 0.500. The first-order valence-electron chi connectivity index (χ1n) is 5.73. The number of rotatable bonds is 3. The molecule has 0 aliphatic carbocycles. The highest BCUT2D eigenvalue weighted by molar-refractivity contribution is 5.38. The van der Waals surface area contributed by atoms with Crippen LogP contribution in [0.25, 0.3) is 0 Å². The molecule has 1 fully saturated rings. The third-order valence-electron chi connectivity index (χ3n) is 3.05. The summed E-state index contributed by atoms with van der Waals surface area (Å²) in [4.78, 5) is 10.3. The van der Waals surface area contributed by atoms with Crippen LogP contribution in [0.3, 0.4) is 0 Å². The first-order valence-corrected chi connectivity index (χ1v) is 5.73. The molecule has 17 heavy (non-hydrogen) atoms. The molecule has 0 amide bonds. The summed E-state index contributed by atoms with van der Waals surface area (Å²) in [6, 6.07) is 6.36. The molecule has 1 aromatic carbocycles. The molecule has 0 atom stereocenters. The average Bonchev–Trinajstić information content (AvgIpc) is 2.29. The van der Waals surface area contributed by atoms with Gasteiger partial charge in [0.05, 0.1) is 11.0 Å². The van der Waals surface area contributed by atoms with Gasteiger partial charge in [-0.1, -0.05) is 6.07 Å². The lowest BCUT2D eigenvalue weighted by Gasteiger charge is -2.34. The van der Waals surface area contributed by atoms with Crippen molar-refractivity contribution in [2.45, 2.75) is 25.4 Å². The number of ether oxygens (including phenoxy) is 1. The summed E-state index contributed by atoms with van der Waals surface area (Å²) < 4.78 is 5.89. The van der Waals surface area contributed by atoms with E-state index < -0.39 is 4.92 Å². The fourth-order valence-electron chi connectivity index (χ4n) is 2.00. The van der Waals surface area contributed by atoms with E-state index in [1.165, 1.54) is 12.1 Å². The molecule has 0 bridgehead atoms. The van der Waals surface area contributed by atoms with Crippen molar-refractivity contribution in [2.24, 2.45) is 0 Å². The maximum absolute atomic E-state index is 10.7. The van der Waals surface area contributed by atoms with Crippen LogP contribution in [-0.4, -0.2) is 23.6 Å². The van der Waals surface area contributed by atoms with E-state index in [9.17, 15) is 10.1 Å². The molecular weight excluding hydrogens is 220 g/mol. The fourth-order valence-corrected chi connectivity index (χ4v) is 2.00. The Morgan fingerprint density at radius 3 is 2.76 bits per heavy atom. The summed E-state index contributed by atoms with van der Waals surface area (Å²) in [5.41, 5.74) is -0.152. The number of non-ortho nitro benzene ring substituents is 1. The molecule has 0 unspecified atom stereocenters. The van der Waals surface area contributed by atoms with Crippen LogP contribution in [0.2, 0.25) is 0 Å². The van der Waals surface area contributed by atoms with Gasteiger partial charge in [0.25, 0.3) is 5.69 Å². The lowest BCUT2D eigenvalue weighted by atomic mass is 9.94. The number of nitrogens with zero attached hydrogens (tertiary/aromatic N) is 1. The molecule has 1 heterocycles. The minimum atomic E-state index is -0.405. The van der Waals surface area contributed by atoms with Crippen LogP contribution in [0, 0.1) is 10.1 Å². The van der Waals surface area contributed by atoms with Crippen LogP contribution in [0.5, 0.6) is 5.75 Å². The predicted molar refractivity (Wildman–Crippen MR) is 64.2 cm³/mol. The van der Waals surface area contributed by atoms with E-state index in [-0.39, 0.29) is 11.3 Å². The quantitative estimate of drug-likeness (QED) is 0.645. The Hall–Kier alpha value is -1.62. The second-order valence-corrected chi connectivity index (χ2v) is 4.56. The zero-order chi connectivity index (χ0) is 12.3. The van der Waals surface area contributed by atoms with Crippen LogP contribution in [-0.2, 0) is 0 Å². The second-order valence-electron chi connectivity index (χ2n) is 4.56. The Morgan fingerprint density at radius 1 is 1.41 bits per heavy atom. The maximum atomic E-state index is 10.7. The van der Waals surface area contributed by atoms with Crippen molar-refractivity contribution in [3.8, 4) is 5.75 Å². The zero-order valence-corrected chi connectivity index (χ0v) is 9.81. The number of nitrogens with one attached hydrogen (secondary N) is 1. The molecule has 1 saturated heterocycles. The van der Waals surface area contributed by atoms with Gasteiger partial charge in [-0.15, -0.1) is 0 Å². The molecule has 1 aliphatic rings. The van der Waals surface area contributed by atoms with Crippen molar-refractivity contribution >= 4 is 5.69 Å². The number of nitro benzene ring substituents is 1. The highest BCUT2D eigenvalue weighted by Crippen LogP contribution is 2.28. The van der Waals surface area contributed by atoms with E-state index in [1.54, 1.807) is 12.1 Å². The van der Waals surface area contributed by atoms with Gasteiger partial charge in [0, 0.05) is 6.07 Å². The summed E-state index contributed by atoms with van der Waals surface area (Å²) in [6.45, 7) is 3.89. The average molecular weight is 236 g/mol. The lowest BCUT2D eigenvalue weighted by Crippen LogP contribution is -2.43. The summed E-state index contributed by atoms with van der Waals surface area (Å²) >= 11 is 0. The van der Waals surface area contributed by atoms with Gasteiger partial charge >= 0.3 is 0 Å². The van der Waals surface area contributed by atoms with Gasteiger partial charge in [-0.25, -0.2) is 0 Å². The van der Waals surface area contributed by atoms with E-state index >= 15 is 0 Å². The van der Waals surface area contributed by atoms with Gasteiger partial charge in [-0.2, -0.15) is 0 Å². The van der Waals surface area contributed by atoms with Gasteiger partial charge in [0.1, 0.15) is 11.4 Å². The molecular formula is C12H16N2O3. The Balaban J connectivity index is 2.12. The number of piperidine rings is 1. The molecule has 1 aliphatic heterocycles. The van der Waals surface area contributed by atoms with Crippen molar-refractivity contribution in [1.82, 2.24) is 5.32 Å². The maximum Gasteiger partial charge on any atom is 0.273 e. The van der Waals surface area contributed by atoms with E-state index in [1.807, 2.05) is 6.92 Å². The summed E-state index contributed by atoms with van der Waals surface area (Å²) in [7, 11) is 0. The van der Waals surface area contributed by atoms with E-state index in [0.29, 0.717) is 5.75 Å². The molecule has 0 spiro atoms. The standard InChI is InChI=1S/C12H16N2O3/c1-12(5-7-13-8-6-12)17-11-4-2-3-10(9-11)14(15)16/h2-4,9,13H,5-8H2,1H3. The topological polar surface area (TPSA) is 64.4 Å². The van der Waals surface area contributed by atoms with Crippen molar-refractivity contribution in [3.05, 3.63) is 34.4 Å². The summed E-state index contributed by atoms with van der Waals surface area (Å²) in [6.07, 6.45) is 1.82. The Labute approximate surface area is 99.9 Å². The highest BCUT2D eigenvalue weighted by Gasteiger charge is 2.28. The first-order chi connectivity index (χ1) is 8.09. The van der Waals surface area contributed by atoms with Gasteiger partial charge in [0.15, 0.2) is 0 Å². The highest BCUT2D eigenvalue weighted by atomic mass is 16.6. The predicted octanol–water partition coefficient (Wildman–Crippen LogP) is 2.12.